The summed E-state index contributed by atoms with van der Waals surface area (Å²) in [6, 6.07) is 5.02. The predicted molar refractivity (Wildman–Crippen MR) is 74.8 cm³/mol. The molecule has 1 amide bonds. The number of nitrogens with zero attached hydrogens (tertiary/aromatic N) is 2. The highest BCUT2D eigenvalue weighted by Gasteiger charge is 2.31. The molecule has 22 heavy (non-hydrogen) atoms. The van der Waals surface area contributed by atoms with Crippen molar-refractivity contribution in [2.75, 3.05) is 5.32 Å². The van der Waals surface area contributed by atoms with Gasteiger partial charge in [0.15, 0.2) is 0 Å². The van der Waals surface area contributed by atoms with Crippen LogP contribution in [-0.4, -0.2) is 15.7 Å². The number of alkyl halides is 3. The topological polar surface area (TPSA) is 72.9 Å². The molecule has 0 aliphatic carbocycles. The minimum Gasteiger partial charge on any atom is -0.326 e. The van der Waals surface area contributed by atoms with Crippen LogP contribution in [0.25, 0.3) is 0 Å². The Morgan fingerprint density at radius 3 is 2.68 bits per heavy atom. The fourth-order valence-electron chi connectivity index (χ4n) is 1.92. The lowest BCUT2D eigenvalue weighted by atomic mass is 10.1. The van der Waals surface area contributed by atoms with E-state index in [2.05, 4.69) is 10.4 Å². The van der Waals surface area contributed by atoms with Gasteiger partial charge in [-0.2, -0.15) is 18.3 Å². The van der Waals surface area contributed by atoms with Crippen molar-refractivity contribution in [1.29, 1.82) is 0 Å². The third-order valence-electron chi connectivity index (χ3n) is 2.97. The van der Waals surface area contributed by atoms with E-state index < -0.39 is 17.6 Å². The van der Waals surface area contributed by atoms with Gasteiger partial charge in [0, 0.05) is 37.6 Å². The molecule has 0 radical (unpaired) electrons. The monoisotopic (exact) mass is 312 g/mol. The van der Waals surface area contributed by atoms with E-state index in [-0.39, 0.29) is 18.7 Å². The summed E-state index contributed by atoms with van der Waals surface area (Å²) in [5.74, 6) is -0.391. The number of nitrogens with two attached hydrogens (primary N) is 1. The van der Waals surface area contributed by atoms with Gasteiger partial charge in [0.2, 0.25) is 5.91 Å². The molecule has 3 N–H and O–H groups in total. The van der Waals surface area contributed by atoms with Crippen LogP contribution in [0.1, 0.15) is 17.5 Å². The quantitative estimate of drug-likeness (QED) is 0.890. The first-order valence-electron chi connectivity index (χ1n) is 6.57. The van der Waals surface area contributed by atoms with Gasteiger partial charge in [-0.1, -0.05) is 0 Å². The van der Waals surface area contributed by atoms with Crippen molar-refractivity contribution in [2.24, 2.45) is 5.73 Å². The average Bonchev–Trinajstić information content (AvgIpc) is 2.97. The largest absolute Gasteiger partial charge is 0.416 e. The smallest absolute Gasteiger partial charge is 0.326 e. The lowest BCUT2D eigenvalue weighted by molar-refractivity contribution is -0.137. The van der Waals surface area contributed by atoms with Crippen LogP contribution in [0, 0.1) is 0 Å². The number of nitrogens with one attached hydrogen (secondary N) is 1. The number of carbonyl (C=O) groups is 1. The van der Waals surface area contributed by atoms with E-state index in [4.69, 9.17) is 5.73 Å². The summed E-state index contributed by atoms with van der Waals surface area (Å²) in [7, 11) is 0. The van der Waals surface area contributed by atoms with Crippen LogP contribution in [0.2, 0.25) is 0 Å². The zero-order valence-corrected chi connectivity index (χ0v) is 11.6. The molecule has 8 heteroatoms. The van der Waals surface area contributed by atoms with Gasteiger partial charge in [0.05, 0.1) is 5.56 Å². The number of aryl methyl sites for hydroxylation is 1. The molecule has 0 saturated heterocycles. The van der Waals surface area contributed by atoms with Crippen molar-refractivity contribution in [3.8, 4) is 0 Å². The first-order chi connectivity index (χ1) is 10.4. The molecule has 0 bridgehead atoms. The number of amides is 1. The van der Waals surface area contributed by atoms with E-state index in [0.29, 0.717) is 12.1 Å². The molecule has 2 rings (SSSR count). The first-order valence-corrected chi connectivity index (χ1v) is 6.57. The van der Waals surface area contributed by atoms with Crippen LogP contribution >= 0.6 is 0 Å². The van der Waals surface area contributed by atoms with Crippen molar-refractivity contribution in [3.05, 3.63) is 47.8 Å². The van der Waals surface area contributed by atoms with E-state index in [1.54, 1.807) is 23.1 Å². The third-order valence-corrected chi connectivity index (χ3v) is 2.97. The van der Waals surface area contributed by atoms with Crippen LogP contribution in [0.15, 0.2) is 36.7 Å². The Bertz CT molecular complexity index is 638. The second-order valence-corrected chi connectivity index (χ2v) is 4.69. The second-order valence-electron chi connectivity index (χ2n) is 4.69. The van der Waals surface area contributed by atoms with E-state index in [0.717, 1.165) is 12.1 Å². The van der Waals surface area contributed by atoms with Crippen LogP contribution < -0.4 is 11.1 Å². The summed E-state index contributed by atoms with van der Waals surface area (Å²) in [5.41, 5.74) is 4.94. The number of hydrogen-bond acceptors (Lipinski definition) is 3. The highest BCUT2D eigenvalue weighted by atomic mass is 19.4. The van der Waals surface area contributed by atoms with Gasteiger partial charge in [0.25, 0.3) is 0 Å². The van der Waals surface area contributed by atoms with Crippen LogP contribution in [-0.2, 0) is 24.1 Å². The lowest BCUT2D eigenvalue weighted by Gasteiger charge is -2.12. The maximum absolute atomic E-state index is 12.8. The molecular weight excluding hydrogens is 297 g/mol. The molecule has 0 spiro atoms. The standard InChI is InChI=1S/C14H15F3N4O/c15-14(16,17)11-6-10(9-18)7-12(8-11)20-13(22)2-5-21-4-1-3-19-21/h1,3-4,6-8H,2,5,9,18H2,(H,20,22). The molecule has 5 nitrogen and oxygen atoms in total. The highest BCUT2D eigenvalue weighted by Crippen LogP contribution is 2.32. The van der Waals surface area contributed by atoms with Crippen molar-refractivity contribution >= 4 is 11.6 Å². The summed E-state index contributed by atoms with van der Waals surface area (Å²) in [4.78, 5) is 11.8. The Morgan fingerprint density at radius 2 is 2.09 bits per heavy atom. The van der Waals surface area contributed by atoms with Crippen LogP contribution in [0.4, 0.5) is 18.9 Å². The predicted octanol–water partition coefficient (Wildman–Crippen LogP) is 2.39. The molecule has 0 fully saturated rings. The van der Waals surface area contributed by atoms with Crippen molar-refractivity contribution in [3.63, 3.8) is 0 Å². The molecule has 118 valence electrons. The molecule has 0 saturated carbocycles. The molecule has 0 aliphatic heterocycles. The third kappa shape index (κ3) is 4.32. The van der Waals surface area contributed by atoms with Crippen LogP contribution in [0.5, 0.6) is 0 Å². The summed E-state index contributed by atoms with van der Waals surface area (Å²) in [6.45, 7) is 0.307. The maximum Gasteiger partial charge on any atom is 0.416 e. The summed E-state index contributed by atoms with van der Waals surface area (Å²) in [5, 5.41) is 6.40. The Labute approximate surface area is 124 Å². The van der Waals surface area contributed by atoms with Crippen molar-refractivity contribution in [2.45, 2.75) is 25.7 Å². The van der Waals surface area contributed by atoms with Gasteiger partial charge in [-0.3, -0.25) is 9.48 Å². The number of anilines is 1. The van der Waals surface area contributed by atoms with E-state index in [1.807, 2.05) is 0 Å². The maximum atomic E-state index is 12.8. The highest BCUT2D eigenvalue weighted by molar-refractivity contribution is 5.90. The Kier molecular flexibility index (Phi) is 4.81. The number of benzene rings is 1. The summed E-state index contributed by atoms with van der Waals surface area (Å²) in [6.07, 6.45) is -1.10. The van der Waals surface area contributed by atoms with E-state index in [9.17, 15) is 18.0 Å². The minimum atomic E-state index is -4.49. The Hall–Kier alpha value is -2.35. The van der Waals surface area contributed by atoms with E-state index in [1.165, 1.54) is 6.07 Å². The molecule has 0 atom stereocenters. The Balaban J connectivity index is 2.06. The van der Waals surface area contributed by atoms with Gasteiger partial charge >= 0.3 is 6.18 Å². The zero-order chi connectivity index (χ0) is 16.2. The summed E-state index contributed by atoms with van der Waals surface area (Å²) >= 11 is 0. The molecule has 1 aromatic carbocycles. The number of rotatable bonds is 5. The zero-order valence-electron chi connectivity index (χ0n) is 11.6. The number of halogens is 3. The van der Waals surface area contributed by atoms with Gasteiger partial charge in [0.1, 0.15) is 0 Å². The minimum absolute atomic E-state index is 0.0416. The number of aromatic nitrogens is 2. The van der Waals surface area contributed by atoms with Crippen molar-refractivity contribution < 1.29 is 18.0 Å². The van der Waals surface area contributed by atoms with Crippen LogP contribution in [0.3, 0.4) is 0 Å². The van der Waals surface area contributed by atoms with Gasteiger partial charge < -0.3 is 11.1 Å². The molecule has 1 heterocycles. The second kappa shape index (κ2) is 6.61. The fraction of sp³-hybridized carbons (Fsp3) is 0.286. The molecule has 0 unspecified atom stereocenters. The van der Waals surface area contributed by atoms with Gasteiger partial charge in [-0.15, -0.1) is 0 Å². The number of hydrogen-bond donors (Lipinski definition) is 2. The normalized spacial score (nSPS) is 11.5. The Morgan fingerprint density at radius 1 is 1.32 bits per heavy atom. The first kappa shape index (κ1) is 16.0. The van der Waals surface area contributed by atoms with E-state index >= 15 is 0 Å². The fourth-order valence-corrected chi connectivity index (χ4v) is 1.92. The van der Waals surface area contributed by atoms with Gasteiger partial charge in [-0.05, 0) is 29.8 Å². The van der Waals surface area contributed by atoms with Gasteiger partial charge in [-0.25, -0.2) is 0 Å². The molecular formula is C14H15F3N4O. The lowest BCUT2D eigenvalue weighted by Crippen LogP contribution is -2.16. The summed E-state index contributed by atoms with van der Waals surface area (Å²) < 4.78 is 39.9. The molecule has 1 aromatic heterocycles. The SMILES string of the molecule is NCc1cc(NC(=O)CCn2cccn2)cc(C(F)(F)F)c1. The molecule has 0 aliphatic rings. The average molecular weight is 312 g/mol. The van der Waals surface area contributed by atoms with Crippen molar-refractivity contribution in [1.82, 2.24) is 9.78 Å². The molecule has 2 aromatic rings. The number of carbonyl (C=O) groups excluding carboxylic acids is 1.